The van der Waals surface area contributed by atoms with Crippen LogP contribution < -0.4 is 4.90 Å². The van der Waals surface area contributed by atoms with Gasteiger partial charge in [0, 0.05) is 18.0 Å². The number of carbonyl (C=O) groups is 1. The highest BCUT2D eigenvalue weighted by Crippen LogP contribution is 2.29. The van der Waals surface area contributed by atoms with Crippen LogP contribution in [0.4, 0.5) is 5.69 Å². The molecule has 0 saturated carbocycles. The van der Waals surface area contributed by atoms with Crippen molar-refractivity contribution < 1.29 is 15.0 Å². The number of benzene rings is 1. The number of aliphatic hydroxyl groups excluding tert-OH is 1. The van der Waals surface area contributed by atoms with Gasteiger partial charge in [0.2, 0.25) is 0 Å². The van der Waals surface area contributed by atoms with Gasteiger partial charge in [0.15, 0.2) is 0 Å². The van der Waals surface area contributed by atoms with Gasteiger partial charge in [-0.2, -0.15) is 0 Å². The Morgan fingerprint density at radius 1 is 1.56 bits per heavy atom. The topological polar surface area (TPSA) is 60.8 Å². The van der Waals surface area contributed by atoms with Crippen LogP contribution in [0, 0.1) is 0 Å². The Morgan fingerprint density at radius 3 is 2.78 bits per heavy atom. The standard InChI is InChI=1S/C13H17NO3S/c1-3-7-14(8-9-15)10-5-4-6-11(18-2)12(10)13(16)17/h3-6,15H,1,7-9H2,2H3,(H,16,17). The highest BCUT2D eigenvalue weighted by Gasteiger charge is 2.18. The van der Waals surface area contributed by atoms with Gasteiger partial charge in [0.25, 0.3) is 0 Å². The van der Waals surface area contributed by atoms with E-state index in [0.29, 0.717) is 23.7 Å². The van der Waals surface area contributed by atoms with Gasteiger partial charge < -0.3 is 15.1 Å². The van der Waals surface area contributed by atoms with Gasteiger partial charge in [-0.15, -0.1) is 18.3 Å². The Balaban J connectivity index is 3.27. The smallest absolute Gasteiger partial charge is 0.338 e. The molecule has 0 spiro atoms. The summed E-state index contributed by atoms with van der Waals surface area (Å²) in [5.41, 5.74) is 0.892. The first-order valence-electron chi connectivity index (χ1n) is 5.52. The largest absolute Gasteiger partial charge is 0.478 e. The molecule has 2 N–H and O–H groups in total. The second-order valence-corrected chi connectivity index (χ2v) is 4.47. The van der Waals surface area contributed by atoms with Crippen LogP contribution in [0.2, 0.25) is 0 Å². The summed E-state index contributed by atoms with van der Waals surface area (Å²) in [6.45, 7) is 4.50. The minimum absolute atomic E-state index is 0.0314. The molecule has 4 nitrogen and oxygen atoms in total. The van der Waals surface area contributed by atoms with E-state index in [1.807, 2.05) is 12.3 Å². The van der Waals surface area contributed by atoms with E-state index >= 15 is 0 Å². The molecule has 0 saturated heterocycles. The second-order valence-electron chi connectivity index (χ2n) is 3.62. The number of hydrogen-bond donors (Lipinski definition) is 2. The van der Waals surface area contributed by atoms with Crippen LogP contribution in [0.15, 0.2) is 35.7 Å². The number of hydrogen-bond acceptors (Lipinski definition) is 4. The SMILES string of the molecule is C=CCN(CCO)c1cccc(SC)c1C(=O)O. The van der Waals surface area contributed by atoms with E-state index in [9.17, 15) is 9.90 Å². The summed E-state index contributed by atoms with van der Waals surface area (Å²) in [4.78, 5) is 13.9. The third-order valence-corrected chi connectivity index (χ3v) is 3.28. The van der Waals surface area contributed by atoms with Gasteiger partial charge in [0.05, 0.1) is 17.9 Å². The van der Waals surface area contributed by atoms with Crippen molar-refractivity contribution in [3.63, 3.8) is 0 Å². The summed E-state index contributed by atoms with van der Waals surface area (Å²) >= 11 is 1.40. The van der Waals surface area contributed by atoms with Gasteiger partial charge in [0.1, 0.15) is 0 Å². The zero-order chi connectivity index (χ0) is 13.5. The quantitative estimate of drug-likeness (QED) is 0.585. The average molecular weight is 267 g/mol. The summed E-state index contributed by atoms with van der Waals surface area (Å²) in [7, 11) is 0. The van der Waals surface area contributed by atoms with Gasteiger partial charge in [-0.1, -0.05) is 12.1 Å². The van der Waals surface area contributed by atoms with Crippen molar-refractivity contribution in [2.45, 2.75) is 4.90 Å². The van der Waals surface area contributed by atoms with Gasteiger partial charge in [-0.3, -0.25) is 0 Å². The second kappa shape index (κ2) is 7.08. The number of thioether (sulfide) groups is 1. The molecule has 0 aliphatic heterocycles. The molecule has 0 bridgehead atoms. The molecule has 0 aromatic heterocycles. The Labute approximate surface area is 111 Å². The van der Waals surface area contributed by atoms with Crippen LogP contribution in [0.25, 0.3) is 0 Å². The molecule has 0 heterocycles. The maximum Gasteiger partial charge on any atom is 0.338 e. The molecule has 0 aliphatic carbocycles. The van der Waals surface area contributed by atoms with Crippen molar-refractivity contribution in [3.05, 3.63) is 36.4 Å². The molecule has 5 heteroatoms. The van der Waals surface area contributed by atoms with E-state index < -0.39 is 5.97 Å². The molecule has 0 atom stereocenters. The summed E-state index contributed by atoms with van der Waals surface area (Å²) in [6, 6.07) is 5.35. The molecule has 1 aromatic carbocycles. The third kappa shape index (κ3) is 3.27. The monoisotopic (exact) mass is 267 g/mol. The number of aliphatic hydroxyl groups is 1. The first-order chi connectivity index (χ1) is 8.65. The lowest BCUT2D eigenvalue weighted by molar-refractivity contribution is 0.0693. The van der Waals surface area contributed by atoms with E-state index in [4.69, 9.17) is 5.11 Å². The van der Waals surface area contributed by atoms with Crippen LogP contribution in [-0.4, -0.2) is 42.1 Å². The van der Waals surface area contributed by atoms with Crippen molar-refractivity contribution in [2.75, 3.05) is 30.9 Å². The van der Waals surface area contributed by atoms with Crippen molar-refractivity contribution in [1.82, 2.24) is 0 Å². The fraction of sp³-hybridized carbons (Fsp3) is 0.308. The third-order valence-electron chi connectivity index (χ3n) is 2.50. The Bertz CT molecular complexity index is 434. The molecular formula is C13H17NO3S. The summed E-state index contributed by atoms with van der Waals surface area (Å²) < 4.78 is 0. The lowest BCUT2D eigenvalue weighted by Gasteiger charge is -2.24. The fourth-order valence-electron chi connectivity index (χ4n) is 1.75. The number of aromatic carboxylic acids is 1. The van der Waals surface area contributed by atoms with E-state index in [1.54, 1.807) is 23.1 Å². The molecular weight excluding hydrogens is 250 g/mol. The number of carboxylic acids is 1. The normalized spacial score (nSPS) is 10.1. The molecule has 18 heavy (non-hydrogen) atoms. The Kier molecular flexibility index (Phi) is 5.74. The lowest BCUT2D eigenvalue weighted by atomic mass is 10.1. The van der Waals surface area contributed by atoms with E-state index in [2.05, 4.69) is 6.58 Å². The Hall–Kier alpha value is -1.46. The molecule has 1 aromatic rings. The van der Waals surface area contributed by atoms with Crippen LogP contribution in [-0.2, 0) is 0 Å². The van der Waals surface area contributed by atoms with Crippen LogP contribution >= 0.6 is 11.8 Å². The first kappa shape index (κ1) is 14.6. The zero-order valence-corrected chi connectivity index (χ0v) is 11.1. The van der Waals surface area contributed by atoms with Crippen LogP contribution in [0.1, 0.15) is 10.4 Å². The molecule has 98 valence electrons. The van der Waals surface area contributed by atoms with Crippen molar-refractivity contribution in [3.8, 4) is 0 Å². The minimum atomic E-state index is -0.957. The molecule has 1 rings (SSSR count). The number of rotatable bonds is 7. The highest BCUT2D eigenvalue weighted by molar-refractivity contribution is 7.98. The first-order valence-corrected chi connectivity index (χ1v) is 6.75. The van der Waals surface area contributed by atoms with Crippen LogP contribution in [0.5, 0.6) is 0 Å². The fourth-order valence-corrected chi connectivity index (χ4v) is 2.37. The molecule has 0 amide bonds. The maximum absolute atomic E-state index is 11.4. The number of nitrogens with zero attached hydrogens (tertiary/aromatic N) is 1. The molecule has 0 aliphatic rings. The predicted molar refractivity (Wildman–Crippen MR) is 74.7 cm³/mol. The molecule has 0 unspecified atom stereocenters. The summed E-state index contributed by atoms with van der Waals surface area (Å²) in [5, 5.41) is 18.4. The Morgan fingerprint density at radius 2 is 2.28 bits per heavy atom. The van der Waals surface area contributed by atoms with Crippen molar-refractivity contribution in [1.29, 1.82) is 0 Å². The van der Waals surface area contributed by atoms with E-state index in [-0.39, 0.29) is 12.2 Å². The predicted octanol–water partition coefficient (Wildman–Crippen LogP) is 2.09. The van der Waals surface area contributed by atoms with Gasteiger partial charge >= 0.3 is 5.97 Å². The van der Waals surface area contributed by atoms with Gasteiger partial charge in [-0.25, -0.2) is 4.79 Å². The number of anilines is 1. The maximum atomic E-state index is 11.4. The van der Waals surface area contributed by atoms with Crippen molar-refractivity contribution in [2.24, 2.45) is 0 Å². The van der Waals surface area contributed by atoms with Crippen molar-refractivity contribution >= 4 is 23.4 Å². The summed E-state index contributed by atoms with van der Waals surface area (Å²) in [6.07, 6.45) is 3.53. The average Bonchev–Trinajstić information content (AvgIpc) is 2.37. The molecule has 0 fully saturated rings. The van der Waals surface area contributed by atoms with E-state index in [0.717, 1.165) is 0 Å². The minimum Gasteiger partial charge on any atom is -0.478 e. The zero-order valence-electron chi connectivity index (χ0n) is 10.3. The lowest BCUT2D eigenvalue weighted by Crippen LogP contribution is -2.28. The molecule has 0 radical (unpaired) electrons. The summed E-state index contributed by atoms with van der Waals surface area (Å²) in [5.74, 6) is -0.957. The van der Waals surface area contributed by atoms with E-state index in [1.165, 1.54) is 11.8 Å². The number of carboxylic acid groups (broad SMARTS) is 1. The highest BCUT2D eigenvalue weighted by atomic mass is 32.2. The van der Waals surface area contributed by atoms with Crippen LogP contribution in [0.3, 0.4) is 0 Å². The van der Waals surface area contributed by atoms with Gasteiger partial charge in [-0.05, 0) is 18.4 Å².